The van der Waals surface area contributed by atoms with E-state index in [2.05, 4.69) is 10.3 Å². The number of nitrogens with one attached hydrogen (secondary N) is 1. The second-order valence-corrected chi connectivity index (χ2v) is 6.86. The van der Waals surface area contributed by atoms with Crippen molar-refractivity contribution in [2.75, 3.05) is 19.6 Å². The lowest BCUT2D eigenvalue weighted by Crippen LogP contribution is -2.67. The molecule has 7 heteroatoms. The molecular formula is C13H21N3O3S. The van der Waals surface area contributed by atoms with Crippen LogP contribution in [0.2, 0.25) is 0 Å². The van der Waals surface area contributed by atoms with Crippen molar-refractivity contribution in [1.82, 2.24) is 15.2 Å². The third-order valence-corrected chi connectivity index (χ3v) is 3.50. The number of amides is 1. The van der Waals surface area contributed by atoms with Crippen LogP contribution in [0.1, 0.15) is 26.5 Å². The van der Waals surface area contributed by atoms with Gasteiger partial charge in [0.1, 0.15) is 11.2 Å². The van der Waals surface area contributed by atoms with Crippen molar-refractivity contribution >= 4 is 17.4 Å². The molecule has 1 fully saturated rings. The minimum atomic E-state index is -0.868. The average molecular weight is 299 g/mol. The van der Waals surface area contributed by atoms with Gasteiger partial charge < -0.3 is 20.1 Å². The maximum atomic E-state index is 11.8. The maximum Gasteiger partial charge on any atom is 0.410 e. The molecule has 1 aliphatic rings. The Morgan fingerprint density at radius 3 is 2.85 bits per heavy atom. The lowest BCUT2D eigenvalue weighted by atomic mass is 9.94. The number of hydrogen-bond acceptors (Lipinski definition) is 6. The van der Waals surface area contributed by atoms with Gasteiger partial charge >= 0.3 is 6.09 Å². The fourth-order valence-electron chi connectivity index (χ4n) is 1.98. The monoisotopic (exact) mass is 299 g/mol. The number of aromatic nitrogens is 1. The highest BCUT2D eigenvalue weighted by atomic mass is 32.1. The molecule has 0 atom stereocenters. The number of carbonyl (C=O) groups excluding carboxylic acids is 1. The second-order valence-electron chi connectivity index (χ2n) is 6.14. The van der Waals surface area contributed by atoms with Gasteiger partial charge in [0, 0.05) is 18.5 Å². The zero-order valence-electron chi connectivity index (χ0n) is 12.0. The molecule has 0 aromatic carbocycles. The molecule has 20 heavy (non-hydrogen) atoms. The molecule has 2 heterocycles. The number of hydrogen-bond donors (Lipinski definition) is 2. The van der Waals surface area contributed by atoms with Crippen LogP contribution in [-0.4, -0.2) is 51.9 Å². The van der Waals surface area contributed by atoms with Crippen LogP contribution in [0.4, 0.5) is 4.79 Å². The van der Waals surface area contributed by atoms with Gasteiger partial charge in [0.15, 0.2) is 0 Å². The standard InChI is InChI=1S/C13H21N3O3S/c1-12(2,3)19-11(17)16-7-13(18,8-16)6-14-4-10-5-20-9-15-10/h5,9,14,18H,4,6-8H2,1-3H3. The lowest BCUT2D eigenvalue weighted by molar-refractivity contribution is -0.0961. The van der Waals surface area contributed by atoms with E-state index < -0.39 is 11.2 Å². The van der Waals surface area contributed by atoms with Crippen molar-refractivity contribution in [3.05, 3.63) is 16.6 Å². The molecule has 6 nitrogen and oxygen atoms in total. The van der Waals surface area contributed by atoms with E-state index in [1.165, 1.54) is 4.90 Å². The Morgan fingerprint density at radius 2 is 2.30 bits per heavy atom. The highest BCUT2D eigenvalue weighted by Gasteiger charge is 2.44. The summed E-state index contributed by atoms with van der Waals surface area (Å²) in [6, 6.07) is 0. The predicted molar refractivity (Wildman–Crippen MR) is 76.6 cm³/mol. The Balaban J connectivity index is 1.69. The minimum absolute atomic E-state index is 0.298. The molecule has 1 aromatic heterocycles. The summed E-state index contributed by atoms with van der Waals surface area (Å²) < 4.78 is 5.25. The number of β-amino-alcohol motifs (C(OH)–C–C–N with tert-alkyl or cyclic N) is 1. The number of aliphatic hydroxyl groups is 1. The molecule has 0 saturated carbocycles. The van der Waals surface area contributed by atoms with Crippen LogP contribution in [0.5, 0.6) is 0 Å². The summed E-state index contributed by atoms with van der Waals surface area (Å²) >= 11 is 1.54. The first-order valence-corrected chi connectivity index (χ1v) is 7.50. The van der Waals surface area contributed by atoms with Gasteiger partial charge in [-0.3, -0.25) is 0 Å². The van der Waals surface area contributed by atoms with Gasteiger partial charge in [-0.2, -0.15) is 0 Å². The first-order chi connectivity index (χ1) is 9.27. The fraction of sp³-hybridized carbons (Fsp3) is 0.692. The van der Waals surface area contributed by atoms with Gasteiger partial charge in [-0.25, -0.2) is 9.78 Å². The Hall–Kier alpha value is -1.18. The Morgan fingerprint density at radius 1 is 1.60 bits per heavy atom. The summed E-state index contributed by atoms with van der Waals surface area (Å²) in [4.78, 5) is 17.4. The SMILES string of the molecule is CC(C)(C)OC(=O)N1CC(O)(CNCc2cscn2)C1. The molecule has 1 saturated heterocycles. The van der Waals surface area contributed by atoms with Crippen molar-refractivity contribution in [1.29, 1.82) is 0 Å². The smallest absolute Gasteiger partial charge is 0.410 e. The number of nitrogens with zero attached hydrogens (tertiary/aromatic N) is 2. The zero-order valence-corrected chi connectivity index (χ0v) is 12.9. The Labute approximate surface area is 122 Å². The number of ether oxygens (including phenoxy) is 1. The molecule has 0 aliphatic carbocycles. The molecule has 2 N–H and O–H groups in total. The van der Waals surface area contributed by atoms with Gasteiger partial charge in [0.25, 0.3) is 0 Å². The quantitative estimate of drug-likeness (QED) is 0.874. The van der Waals surface area contributed by atoms with Gasteiger partial charge in [0.2, 0.25) is 0 Å². The van der Waals surface area contributed by atoms with E-state index >= 15 is 0 Å². The van der Waals surface area contributed by atoms with Crippen LogP contribution in [0, 0.1) is 0 Å². The normalized spacial score (nSPS) is 17.7. The summed E-state index contributed by atoms with van der Waals surface area (Å²) in [5.41, 5.74) is 1.36. The van der Waals surface area contributed by atoms with Crippen LogP contribution >= 0.6 is 11.3 Å². The molecule has 1 aromatic rings. The first kappa shape index (κ1) is 15.2. The topological polar surface area (TPSA) is 74.7 Å². The summed E-state index contributed by atoms with van der Waals surface area (Å²) in [5, 5.41) is 15.3. The third kappa shape index (κ3) is 4.16. The molecule has 0 spiro atoms. The summed E-state index contributed by atoms with van der Waals surface area (Å²) in [5.74, 6) is 0. The van der Waals surface area contributed by atoms with E-state index in [1.807, 2.05) is 26.2 Å². The van der Waals surface area contributed by atoms with Crippen LogP contribution in [0.25, 0.3) is 0 Å². The molecule has 0 bridgehead atoms. The maximum absolute atomic E-state index is 11.8. The molecular weight excluding hydrogens is 278 g/mol. The number of thiazole rings is 1. The van der Waals surface area contributed by atoms with Gasteiger partial charge in [-0.15, -0.1) is 11.3 Å². The van der Waals surface area contributed by atoms with E-state index in [0.717, 1.165) is 5.69 Å². The van der Waals surface area contributed by atoms with Crippen molar-refractivity contribution < 1.29 is 14.6 Å². The molecule has 2 rings (SSSR count). The summed E-state index contributed by atoms with van der Waals surface area (Å²) in [6.07, 6.45) is -0.373. The Kier molecular flexibility index (Phi) is 4.31. The van der Waals surface area contributed by atoms with E-state index in [-0.39, 0.29) is 6.09 Å². The van der Waals surface area contributed by atoms with Crippen molar-refractivity contribution in [3.8, 4) is 0 Å². The first-order valence-electron chi connectivity index (χ1n) is 6.56. The predicted octanol–water partition coefficient (Wildman–Crippen LogP) is 1.21. The van der Waals surface area contributed by atoms with Crippen LogP contribution in [-0.2, 0) is 11.3 Å². The highest BCUT2D eigenvalue weighted by molar-refractivity contribution is 7.07. The zero-order chi connectivity index (χ0) is 14.8. The fourth-order valence-corrected chi connectivity index (χ4v) is 2.54. The van der Waals surface area contributed by atoms with E-state index in [0.29, 0.717) is 26.2 Å². The van der Waals surface area contributed by atoms with Crippen molar-refractivity contribution in [3.63, 3.8) is 0 Å². The minimum Gasteiger partial charge on any atom is -0.444 e. The molecule has 112 valence electrons. The highest BCUT2D eigenvalue weighted by Crippen LogP contribution is 2.22. The van der Waals surface area contributed by atoms with Crippen molar-refractivity contribution in [2.45, 2.75) is 38.5 Å². The van der Waals surface area contributed by atoms with E-state index in [1.54, 1.807) is 16.8 Å². The second kappa shape index (κ2) is 5.67. The summed E-state index contributed by atoms with van der Waals surface area (Å²) in [6.45, 7) is 7.13. The molecule has 1 aliphatic heterocycles. The molecule has 1 amide bonds. The Bertz CT molecular complexity index is 450. The van der Waals surface area contributed by atoms with Gasteiger partial charge in [-0.05, 0) is 20.8 Å². The van der Waals surface area contributed by atoms with Crippen LogP contribution in [0.3, 0.4) is 0 Å². The van der Waals surface area contributed by atoms with E-state index in [4.69, 9.17) is 4.74 Å². The van der Waals surface area contributed by atoms with Crippen LogP contribution < -0.4 is 5.32 Å². The van der Waals surface area contributed by atoms with Gasteiger partial charge in [0.05, 0.1) is 24.3 Å². The third-order valence-electron chi connectivity index (χ3n) is 2.87. The summed E-state index contributed by atoms with van der Waals surface area (Å²) in [7, 11) is 0. The average Bonchev–Trinajstić information content (AvgIpc) is 2.76. The van der Waals surface area contributed by atoms with E-state index in [9.17, 15) is 9.90 Å². The lowest BCUT2D eigenvalue weighted by Gasteiger charge is -2.46. The molecule has 0 radical (unpaired) electrons. The molecule has 0 unspecified atom stereocenters. The number of rotatable bonds is 4. The van der Waals surface area contributed by atoms with Crippen molar-refractivity contribution in [2.24, 2.45) is 0 Å². The number of likely N-dealkylation sites (tertiary alicyclic amines) is 1. The number of carbonyl (C=O) groups is 1. The largest absolute Gasteiger partial charge is 0.444 e. The van der Waals surface area contributed by atoms with Crippen LogP contribution in [0.15, 0.2) is 10.9 Å². The van der Waals surface area contributed by atoms with Gasteiger partial charge in [-0.1, -0.05) is 0 Å².